The van der Waals surface area contributed by atoms with Crippen LogP contribution in [0.4, 0.5) is 0 Å². The highest BCUT2D eigenvalue weighted by Crippen LogP contribution is 2.25. The lowest BCUT2D eigenvalue weighted by Crippen LogP contribution is -1.74. The number of hydrogen-bond acceptors (Lipinski definition) is 1. The highest BCUT2D eigenvalue weighted by Gasteiger charge is 1.96. The first-order chi connectivity index (χ1) is 7.75. The van der Waals surface area contributed by atoms with Gasteiger partial charge in [-0.15, -0.1) is 0 Å². The monoisotopic (exact) mass is 274 g/mol. The quantitative estimate of drug-likeness (QED) is 0.809. The number of rotatable bonds is 2. The van der Waals surface area contributed by atoms with Gasteiger partial charge in [0.25, 0.3) is 0 Å². The zero-order valence-electron chi connectivity index (χ0n) is 8.60. The van der Waals surface area contributed by atoms with E-state index in [1.807, 2.05) is 54.6 Å². The normalized spacial score (nSPS) is 10.8. The molecule has 2 heteroatoms. The van der Waals surface area contributed by atoms with Crippen LogP contribution in [0.1, 0.15) is 11.1 Å². The van der Waals surface area contributed by atoms with Crippen molar-refractivity contribution in [3.63, 3.8) is 0 Å². The molecule has 0 fully saturated rings. The van der Waals surface area contributed by atoms with Gasteiger partial charge in [0.2, 0.25) is 0 Å². The van der Waals surface area contributed by atoms with Gasteiger partial charge in [-0.1, -0.05) is 48.6 Å². The minimum Gasteiger partial charge on any atom is -0.507 e. The number of halogens is 1. The summed E-state index contributed by atoms with van der Waals surface area (Å²) in [5.74, 6) is 0.261. The molecule has 1 N–H and O–H groups in total. The molecule has 0 aliphatic rings. The van der Waals surface area contributed by atoms with E-state index in [4.69, 9.17) is 0 Å². The van der Waals surface area contributed by atoms with Gasteiger partial charge in [-0.05, 0) is 39.2 Å². The van der Waals surface area contributed by atoms with E-state index in [1.165, 1.54) is 0 Å². The van der Waals surface area contributed by atoms with Crippen LogP contribution in [-0.2, 0) is 0 Å². The SMILES string of the molecule is Oc1ccc(/C=C/c2ccccc2)cc1Br. The van der Waals surface area contributed by atoms with Gasteiger partial charge in [0, 0.05) is 0 Å². The van der Waals surface area contributed by atoms with Gasteiger partial charge in [0.05, 0.1) is 4.47 Å². The largest absolute Gasteiger partial charge is 0.507 e. The molecule has 0 unspecified atom stereocenters. The lowest BCUT2D eigenvalue weighted by atomic mass is 10.1. The van der Waals surface area contributed by atoms with Crippen molar-refractivity contribution >= 4 is 28.1 Å². The summed E-state index contributed by atoms with van der Waals surface area (Å²) in [7, 11) is 0. The molecule has 0 spiro atoms. The first kappa shape index (κ1) is 11.0. The van der Waals surface area contributed by atoms with Crippen molar-refractivity contribution in [2.24, 2.45) is 0 Å². The highest BCUT2D eigenvalue weighted by molar-refractivity contribution is 9.10. The summed E-state index contributed by atoms with van der Waals surface area (Å²) in [6.07, 6.45) is 4.05. The molecule has 2 rings (SSSR count). The molecule has 0 heterocycles. The predicted molar refractivity (Wildman–Crippen MR) is 71.2 cm³/mol. The van der Waals surface area contributed by atoms with Crippen molar-refractivity contribution in [3.8, 4) is 5.75 Å². The van der Waals surface area contributed by atoms with Crippen molar-refractivity contribution in [2.45, 2.75) is 0 Å². The lowest BCUT2D eigenvalue weighted by molar-refractivity contribution is 0.472. The summed E-state index contributed by atoms with van der Waals surface area (Å²) in [4.78, 5) is 0. The Kier molecular flexibility index (Phi) is 3.42. The van der Waals surface area contributed by atoms with Crippen LogP contribution in [0.3, 0.4) is 0 Å². The molecule has 0 atom stereocenters. The summed E-state index contributed by atoms with van der Waals surface area (Å²) in [6, 6.07) is 15.5. The number of hydrogen-bond donors (Lipinski definition) is 1. The molecule has 1 nitrogen and oxygen atoms in total. The van der Waals surface area contributed by atoms with Crippen molar-refractivity contribution < 1.29 is 5.11 Å². The van der Waals surface area contributed by atoms with Crippen molar-refractivity contribution in [2.75, 3.05) is 0 Å². The van der Waals surface area contributed by atoms with Gasteiger partial charge in [0.1, 0.15) is 5.75 Å². The first-order valence-corrected chi connectivity index (χ1v) is 5.76. The summed E-state index contributed by atoms with van der Waals surface area (Å²) in [5.41, 5.74) is 2.21. The van der Waals surface area contributed by atoms with Gasteiger partial charge in [-0.2, -0.15) is 0 Å². The van der Waals surface area contributed by atoms with Crippen LogP contribution in [0.5, 0.6) is 5.75 Å². The zero-order chi connectivity index (χ0) is 11.4. The first-order valence-electron chi connectivity index (χ1n) is 4.97. The fourth-order valence-corrected chi connectivity index (χ4v) is 1.78. The molecule has 0 aliphatic heterocycles. The molecular formula is C14H11BrO. The van der Waals surface area contributed by atoms with Gasteiger partial charge >= 0.3 is 0 Å². The van der Waals surface area contributed by atoms with E-state index in [0.717, 1.165) is 11.1 Å². The molecule has 0 radical (unpaired) electrons. The van der Waals surface area contributed by atoms with Crippen LogP contribution in [0.2, 0.25) is 0 Å². The third-order valence-electron chi connectivity index (χ3n) is 2.24. The maximum Gasteiger partial charge on any atom is 0.129 e. The van der Waals surface area contributed by atoms with Gasteiger partial charge in [-0.25, -0.2) is 0 Å². The zero-order valence-corrected chi connectivity index (χ0v) is 10.2. The number of aromatic hydroxyl groups is 1. The third kappa shape index (κ3) is 2.74. The summed E-state index contributed by atoms with van der Waals surface area (Å²) < 4.78 is 0.711. The third-order valence-corrected chi connectivity index (χ3v) is 2.87. The second kappa shape index (κ2) is 4.99. The van der Waals surface area contributed by atoms with Crippen LogP contribution in [0.15, 0.2) is 53.0 Å². The average molecular weight is 275 g/mol. The Morgan fingerprint density at radius 1 is 0.875 bits per heavy atom. The summed E-state index contributed by atoms with van der Waals surface area (Å²) >= 11 is 3.29. The van der Waals surface area contributed by atoms with Crippen LogP contribution >= 0.6 is 15.9 Å². The predicted octanol–water partition coefficient (Wildman–Crippen LogP) is 4.33. The van der Waals surface area contributed by atoms with Crippen LogP contribution in [0, 0.1) is 0 Å². The van der Waals surface area contributed by atoms with Crippen LogP contribution in [-0.4, -0.2) is 5.11 Å². The molecule has 80 valence electrons. The minimum absolute atomic E-state index is 0.261. The molecule has 0 saturated carbocycles. The molecule has 2 aromatic carbocycles. The Labute approximate surface area is 103 Å². The second-order valence-corrected chi connectivity index (χ2v) is 4.31. The van der Waals surface area contributed by atoms with Gasteiger partial charge in [0.15, 0.2) is 0 Å². The second-order valence-electron chi connectivity index (χ2n) is 3.45. The van der Waals surface area contributed by atoms with Crippen molar-refractivity contribution in [3.05, 3.63) is 64.1 Å². The fourth-order valence-electron chi connectivity index (χ4n) is 1.38. The molecule has 0 amide bonds. The molecule has 0 saturated heterocycles. The van der Waals surface area contributed by atoms with E-state index in [2.05, 4.69) is 15.9 Å². The number of phenolic OH excluding ortho intramolecular Hbond substituents is 1. The van der Waals surface area contributed by atoms with Crippen molar-refractivity contribution in [1.82, 2.24) is 0 Å². The molecule has 2 aromatic rings. The van der Waals surface area contributed by atoms with E-state index in [9.17, 15) is 5.11 Å². The van der Waals surface area contributed by atoms with E-state index in [0.29, 0.717) is 4.47 Å². The van der Waals surface area contributed by atoms with Crippen LogP contribution < -0.4 is 0 Å². The topological polar surface area (TPSA) is 20.2 Å². The molecule has 0 bridgehead atoms. The van der Waals surface area contributed by atoms with E-state index >= 15 is 0 Å². The van der Waals surface area contributed by atoms with Crippen LogP contribution in [0.25, 0.3) is 12.2 Å². The van der Waals surface area contributed by atoms with E-state index in [-0.39, 0.29) is 5.75 Å². The van der Waals surface area contributed by atoms with Gasteiger partial charge in [-0.3, -0.25) is 0 Å². The summed E-state index contributed by atoms with van der Waals surface area (Å²) in [6.45, 7) is 0. The van der Waals surface area contributed by atoms with E-state index in [1.54, 1.807) is 6.07 Å². The maximum absolute atomic E-state index is 9.36. The standard InChI is InChI=1S/C14H11BrO/c15-13-10-12(8-9-14(13)16)7-6-11-4-2-1-3-5-11/h1-10,16H/b7-6+. The Bertz CT molecular complexity index is 503. The molecule has 0 aromatic heterocycles. The number of benzene rings is 2. The molecular weight excluding hydrogens is 264 g/mol. The van der Waals surface area contributed by atoms with E-state index < -0.39 is 0 Å². The minimum atomic E-state index is 0.261. The van der Waals surface area contributed by atoms with Gasteiger partial charge < -0.3 is 5.11 Å². The van der Waals surface area contributed by atoms with Crippen molar-refractivity contribution in [1.29, 1.82) is 0 Å². The lowest BCUT2D eigenvalue weighted by Gasteiger charge is -1.98. The maximum atomic E-state index is 9.36. The number of phenols is 1. The Hall–Kier alpha value is -1.54. The fraction of sp³-hybridized carbons (Fsp3) is 0. The summed E-state index contributed by atoms with van der Waals surface area (Å²) in [5, 5.41) is 9.36. The molecule has 16 heavy (non-hydrogen) atoms. The highest BCUT2D eigenvalue weighted by atomic mass is 79.9. The smallest absolute Gasteiger partial charge is 0.129 e. The Balaban J connectivity index is 2.21. The Morgan fingerprint density at radius 2 is 1.56 bits per heavy atom. The average Bonchev–Trinajstić information content (AvgIpc) is 2.32. The molecule has 0 aliphatic carbocycles. The Morgan fingerprint density at radius 3 is 2.25 bits per heavy atom.